The maximum absolute atomic E-state index is 12.8. The largest absolute Gasteiger partial charge is 0.490 e. The zero-order chi connectivity index (χ0) is 22.9. The molecule has 1 aromatic carbocycles. The number of pyridine rings is 1. The first-order valence-corrected chi connectivity index (χ1v) is 12.2. The SMILES string of the molecule is CN1CCCC(CNC(=O)CN2CCCCCOc3ccccc3Oc3ncccc3C2)C1. The van der Waals surface area contributed by atoms with Gasteiger partial charge in [-0.25, -0.2) is 4.98 Å². The Morgan fingerprint density at radius 1 is 1.09 bits per heavy atom. The van der Waals surface area contributed by atoms with E-state index in [0.717, 1.165) is 56.8 Å². The van der Waals surface area contributed by atoms with Crippen molar-refractivity contribution in [1.82, 2.24) is 20.1 Å². The number of para-hydroxylation sites is 2. The number of fused-ring (bicyclic) bond motifs is 2. The maximum Gasteiger partial charge on any atom is 0.234 e. The number of ether oxygens (including phenoxy) is 2. The molecule has 0 radical (unpaired) electrons. The van der Waals surface area contributed by atoms with Crippen molar-refractivity contribution in [3.05, 3.63) is 48.2 Å². The van der Waals surface area contributed by atoms with Gasteiger partial charge in [0.2, 0.25) is 11.8 Å². The highest BCUT2D eigenvalue weighted by Crippen LogP contribution is 2.32. The fraction of sp³-hybridized carbons (Fsp3) is 0.538. The molecule has 0 saturated carbocycles. The number of hydrogen-bond donors (Lipinski definition) is 1. The lowest BCUT2D eigenvalue weighted by Gasteiger charge is -2.30. The lowest BCUT2D eigenvalue weighted by Crippen LogP contribution is -2.42. The summed E-state index contributed by atoms with van der Waals surface area (Å²) in [5.41, 5.74) is 0.966. The molecule has 3 heterocycles. The molecule has 1 unspecified atom stereocenters. The second-order valence-electron chi connectivity index (χ2n) is 9.21. The third-order valence-corrected chi connectivity index (χ3v) is 6.35. The minimum atomic E-state index is 0.0904. The molecule has 0 aliphatic carbocycles. The molecule has 1 atom stereocenters. The smallest absolute Gasteiger partial charge is 0.234 e. The standard InChI is InChI=1S/C26H36N4O3/c1-29-14-8-9-21(18-29)17-28-25(31)20-30-15-5-2-6-16-32-23-11-3-4-12-24(23)33-26-22(19-30)10-7-13-27-26/h3-4,7,10-13,21H,2,5-6,8-9,14-20H2,1H3,(H,28,31). The molecule has 7 nitrogen and oxygen atoms in total. The second kappa shape index (κ2) is 12.0. The van der Waals surface area contributed by atoms with Gasteiger partial charge in [-0.1, -0.05) is 18.2 Å². The van der Waals surface area contributed by atoms with Gasteiger partial charge in [0.05, 0.1) is 13.2 Å². The Balaban J connectivity index is 1.43. The molecule has 1 saturated heterocycles. The van der Waals surface area contributed by atoms with Crippen LogP contribution in [0.3, 0.4) is 0 Å². The number of amides is 1. The van der Waals surface area contributed by atoms with E-state index in [4.69, 9.17) is 9.47 Å². The van der Waals surface area contributed by atoms with E-state index in [1.807, 2.05) is 36.4 Å². The molecular formula is C26H36N4O3. The van der Waals surface area contributed by atoms with Crippen molar-refractivity contribution < 1.29 is 14.3 Å². The van der Waals surface area contributed by atoms with Crippen LogP contribution < -0.4 is 14.8 Å². The molecule has 4 rings (SSSR count). The Labute approximate surface area is 197 Å². The zero-order valence-corrected chi connectivity index (χ0v) is 19.7. The third-order valence-electron chi connectivity index (χ3n) is 6.35. The summed E-state index contributed by atoms with van der Waals surface area (Å²) in [4.78, 5) is 21.8. The molecule has 1 fully saturated rings. The van der Waals surface area contributed by atoms with Gasteiger partial charge in [-0.15, -0.1) is 0 Å². The average Bonchev–Trinajstić information content (AvgIpc) is 2.83. The lowest BCUT2D eigenvalue weighted by molar-refractivity contribution is -0.122. The third kappa shape index (κ3) is 7.17. The first kappa shape index (κ1) is 23.5. The Bertz CT molecular complexity index is 907. The Morgan fingerprint density at radius 2 is 1.97 bits per heavy atom. The molecule has 33 heavy (non-hydrogen) atoms. The number of carbonyl (C=O) groups is 1. The summed E-state index contributed by atoms with van der Waals surface area (Å²) in [5, 5.41) is 3.18. The van der Waals surface area contributed by atoms with Gasteiger partial charge in [-0.2, -0.15) is 0 Å². The summed E-state index contributed by atoms with van der Waals surface area (Å²) in [6, 6.07) is 11.7. The van der Waals surface area contributed by atoms with E-state index in [9.17, 15) is 4.79 Å². The van der Waals surface area contributed by atoms with Crippen LogP contribution in [0.2, 0.25) is 0 Å². The zero-order valence-electron chi connectivity index (χ0n) is 19.7. The number of benzene rings is 1. The maximum atomic E-state index is 12.8. The van der Waals surface area contributed by atoms with Crippen LogP contribution in [0.15, 0.2) is 42.6 Å². The molecule has 1 N–H and O–H groups in total. The summed E-state index contributed by atoms with van der Waals surface area (Å²) in [5.74, 6) is 2.59. The van der Waals surface area contributed by atoms with Crippen LogP contribution in [-0.2, 0) is 11.3 Å². The van der Waals surface area contributed by atoms with E-state index in [1.54, 1.807) is 6.20 Å². The van der Waals surface area contributed by atoms with Crippen LogP contribution >= 0.6 is 0 Å². The Kier molecular flexibility index (Phi) is 8.55. The van der Waals surface area contributed by atoms with Crippen molar-refractivity contribution in [3.8, 4) is 17.4 Å². The molecule has 2 aromatic rings. The van der Waals surface area contributed by atoms with Crippen molar-refractivity contribution in [1.29, 1.82) is 0 Å². The van der Waals surface area contributed by atoms with E-state index < -0.39 is 0 Å². The van der Waals surface area contributed by atoms with E-state index in [2.05, 4.69) is 27.1 Å². The Morgan fingerprint density at radius 3 is 2.85 bits per heavy atom. The van der Waals surface area contributed by atoms with E-state index in [1.165, 1.54) is 12.8 Å². The van der Waals surface area contributed by atoms with Gasteiger partial charge >= 0.3 is 0 Å². The number of hydrogen-bond acceptors (Lipinski definition) is 6. The van der Waals surface area contributed by atoms with Crippen molar-refractivity contribution >= 4 is 5.91 Å². The van der Waals surface area contributed by atoms with Crippen LogP contribution in [0, 0.1) is 5.92 Å². The minimum absolute atomic E-state index is 0.0904. The number of rotatable bonds is 4. The number of aromatic nitrogens is 1. The molecule has 7 heteroatoms. The highest BCUT2D eigenvalue weighted by molar-refractivity contribution is 5.78. The van der Waals surface area contributed by atoms with Gasteiger partial charge in [0.15, 0.2) is 11.5 Å². The van der Waals surface area contributed by atoms with Gasteiger partial charge in [-0.3, -0.25) is 9.69 Å². The van der Waals surface area contributed by atoms with Crippen LogP contribution in [-0.4, -0.2) is 67.1 Å². The van der Waals surface area contributed by atoms with Gasteiger partial charge in [-0.05, 0) is 76.4 Å². The number of nitrogens with zero attached hydrogens (tertiary/aromatic N) is 3. The first-order chi connectivity index (χ1) is 16.2. The summed E-state index contributed by atoms with van der Waals surface area (Å²) in [6.45, 7) is 5.46. The molecule has 178 valence electrons. The number of likely N-dealkylation sites (tertiary alicyclic amines) is 1. The van der Waals surface area contributed by atoms with Crippen LogP contribution in [0.4, 0.5) is 0 Å². The molecule has 0 bridgehead atoms. The van der Waals surface area contributed by atoms with Crippen LogP contribution in [0.25, 0.3) is 0 Å². The lowest BCUT2D eigenvalue weighted by atomic mass is 9.98. The van der Waals surface area contributed by atoms with Crippen molar-refractivity contribution in [2.24, 2.45) is 5.92 Å². The molecule has 2 aliphatic heterocycles. The van der Waals surface area contributed by atoms with E-state index >= 15 is 0 Å². The number of carbonyl (C=O) groups excluding carboxylic acids is 1. The van der Waals surface area contributed by atoms with E-state index in [-0.39, 0.29) is 5.91 Å². The van der Waals surface area contributed by atoms with E-state index in [0.29, 0.717) is 37.2 Å². The molecule has 1 aromatic heterocycles. The van der Waals surface area contributed by atoms with Crippen LogP contribution in [0.5, 0.6) is 17.4 Å². The van der Waals surface area contributed by atoms with Gasteiger partial charge in [0, 0.05) is 31.4 Å². The minimum Gasteiger partial charge on any atom is -0.490 e. The fourth-order valence-electron chi connectivity index (χ4n) is 4.60. The van der Waals surface area contributed by atoms with Gasteiger partial charge < -0.3 is 19.7 Å². The highest BCUT2D eigenvalue weighted by Gasteiger charge is 2.20. The average molecular weight is 453 g/mol. The summed E-state index contributed by atoms with van der Waals surface area (Å²) < 4.78 is 12.1. The molecule has 0 spiro atoms. The van der Waals surface area contributed by atoms with Crippen molar-refractivity contribution in [2.75, 3.05) is 46.4 Å². The summed E-state index contributed by atoms with van der Waals surface area (Å²) in [7, 11) is 2.16. The number of piperidine rings is 1. The second-order valence-corrected chi connectivity index (χ2v) is 9.21. The monoisotopic (exact) mass is 452 g/mol. The van der Waals surface area contributed by atoms with Crippen LogP contribution in [0.1, 0.15) is 37.7 Å². The highest BCUT2D eigenvalue weighted by atomic mass is 16.5. The Hall–Kier alpha value is -2.64. The number of nitrogens with one attached hydrogen (secondary N) is 1. The fourth-order valence-corrected chi connectivity index (χ4v) is 4.60. The van der Waals surface area contributed by atoms with Gasteiger partial charge in [0.1, 0.15) is 0 Å². The van der Waals surface area contributed by atoms with Crippen molar-refractivity contribution in [3.63, 3.8) is 0 Å². The normalized spacial score (nSPS) is 20.6. The van der Waals surface area contributed by atoms with Crippen molar-refractivity contribution in [2.45, 2.75) is 38.6 Å². The van der Waals surface area contributed by atoms with Gasteiger partial charge in [0.25, 0.3) is 0 Å². The molecule has 2 aliphatic rings. The predicted molar refractivity (Wildman–Crippen MR) is 129 cm³/mol. The predicted octanol–water partition coefficient (Wildman–Crippen LogP) is 3.70. The summed E-state index contributed by atoms with van der Waals surface area (Å²) >= 11 is 0. The molecular weight excluding hydrogens is 416 g/mol. The first-order valence-electron chi connectivity index (χ1n) is 12.2. The quantitative estimate of drug-likeness (QED) is 0.763. The summed E-state index contributed by atoms with van der Waals surface area (Å²) in [6.07, 6.45) is 7.17. The topological polar surface area (TPSA) is 66.9 Å². The molecule has 1 amide bonds.